The van der Waals surface area contributed by atoms with Gasteiger partial charge >= 0.3 is 0 Å². The van der Waals surface area contributed by atoms with Gasteiger partial charge in [0, 0.05) is 11.6 Å². The van der Waals surface area contributed by atoms with Crippen molar-refractivity contribution < 1.29 is 4.52 Å². The molecule has 3 rings (SSSR count). The zero-order valence-corrected chi connectivity index (χ0v) is 10.5. The van der Waals surface area contributed by atoms with Crippen LogP contribution in [0.1, 0.15) is 25.0 Å². The summed E-state index contributed by atoms with van der Waals surface area (Å²) in [5.41, 5.74) is 2.05. The first-order valence-electron chi connectivity index (χ1n) is 6.65. The molecule has 18 heavy (non-hydrogen) atoms. The van der Waals surface area contributed by atoms with E-state index in [1.165, 1.54) is 32.4 Å². The van der Waals surface area contributed by atoms with Crippen molar-refractivity contribution in [3.63, 3.8) is 0 Å². The quantitative estimate of drug-likeness (QED) is 0.826. The molecule has 1 aliphatic rings. The van der Waals surface area contributed by atoms with Crippen molar-refractivity contribution >= 4 is 0 Å². The van der Waals surface area contributed by atoms with Crippen molar-refractivity contribution in [1.82, 2.24) is 10.1 Å². The van der Waals surface area contributed by atoms with E-state index in [0.717, 1.165) is 23.6 Å². The van der Waals surface area contributed by atoms with Crippen molar-refractivity contribution in [2.45, 2.75) is 25.8 Å². The van der Waals surface area contributed by atoms with Crippen LogP contribution in [0.15, 0.2) is 40.9 Å². The Morgan fingerprint density at radius 2 is 1.83 bits per heavy atom. The summed E-state index contributed by atoms with van der Waals surface area (Å²) in [5, 5.41) is 4.15. The van der Waals surface area contributed by atoms with E-state index in [1.807, 2.05) is 18.2 Å². The Labute approximate surface area is 107 Å². The first-order chi connectivity index (χ1) is 8.92. The third-order valence-electron chi connectivity index (χ3n) is 3.46. The molecular formula is C15H18N2O. The lowest BCUT2D eigenvalue weighted by atomic mass is 10.1. The third-order valence-corrected chi connectivity index (χ3v) is 3.46. The van der Waals surface area contributed by atoms with Gasteiger partial charge in [-0.1, -0.05) is 41.9 Å². The van der Waals surface area contributed by atoms with Gasteiger partial charge < -0.3 is 4.52 Å². The minimum Gasteiger partial charge on any atom is -0.359 e. The maximum atomic E-state index is 5.43. The second-order valence-corrected chi connectivity index (χ2v) is 4.88. The Kier molecular flexibility index (Phi) is 3.42. The van der Waals surface area contributed by atoms with Gasteiger partial charge in [-0.15, -0.1) is 0 Å². The van der Waals surface area contributed by atoms with Crippen LogP contribution in [0.5, 0.6) is 0 Å². The predicted molar refractivity (Wildman–Crippen MR) is 71.1 cm³/mol. The van der Waals surface area contributed by atoms with E-state index in [1.54, 1.807) is 0 Å². The number of rotatable bonds is 3. The van der Waals surface area contributed by atoms with Crippen molar-refractivity contribution in [1.29, 1.82) is 0 Å². The molecule has 0 unspecified atom stereocenters. The van der Waals surface area contributed by atoms with Gasteiger partial charge in [0.15, 0.2) is 5.76 Å². The molecule has 1 aromatic heterocycles. The predicted octanol–water partition coefficient (Wildman–Crippen LogP) is 3.33. The molecule has 0 saturated carbocycles. The maximum Gasteiger partial charge on any atom is 0.151 e. The van der Waals surface area contributed by atoms with Gasteiger partial charge in [-0.3, -0.25) is 4.90 Å². The first kappa shape index (κ1) is 11.5. The van der Waals surface area contributed by atoms with E-state index in [4.69, 9.17) is 4.52 Å². The summed E-state index contributed by atoms with van der Waals surface area (Å²) in [6.07, 6.45) is 3.97. The largest absolute Gasteiger partial charge is 0.359 e. The number of hydrogen-bond donors (Lipinski definition) is 0. The molecule has 0 spiro atoms. The molecule has 3 heteroatoms. The highest BCUT2D eigenvalue weighted by molar-refractivity contribution is 5.58. The van der Waals surface area contributed by atoms with E-state index in [-0.39, 0.29) is 0 Å². The molecule has 0 bridgehead atoms. The molecule has 2 aromatic rings. The summed E-state index contributed by atoms with van der Waals surface area (Å²) in [6, 6.07) is 12.2. The molecule has 0 N–H and O–H groups in total. The monoisotopic (exact) mass is 242 g/mol. The summed E-state index contributed by atoms with van der Waals surface area (Å²) >= 11 is 0. The van der Waals surface area contributed by atoms with Gasteiger partial charge in [-0.2, -0.15) is 0 Å². The van der Waals surface area contributed by atoms with Crippen LogP contribution in [-0.2, 0) is 6.54 Å². The highest BCUT2D eigenvalue weighted by Crippen LogP contribution is 2.20. The second kappa shape index (κ2) is 5.36. The average Bonchev–Trinajstić information content (AvgIpc) is 2.89. The fourth-order valence-electron chi connectivity index (χ4n) is 2.47. The molecule has 0 aliphatic carbocycles. The van der Waals surface area contributed by atoms with Crippen LogP contribution in [0.25, 0.3) is 11.3 Å². The molecule has 1 saturated heterocycles. The molecule has 2 heterocycles. The number of nitrogens with zero attached hydrogens (tertiary/aromatic N) is 2. The van der Waals surface area contributed by atoms with Crippen LogP contribution < -0.4 is 0 Å². The summed E-state index contributed by atoms with van der Waals surface area (Å²) < 4.78 is 5.43. The average molecular weight is 242 g/mol. The van der Waals surface area contributed by atoms with E-state index >= 15 is 0 Å². The van der Waals surface area contributed by atoms with Gasteiger partial charge in [0.2, 0.25) is 0 Å². The summed E-state index contributed by atoms with van der Waals surface area (Å²) in [7, 11) is 0. The van der Waals surface area contributed by atoms with E-state index < -0.39 is 0 Å². The Morgan fingerprint density at radius 1 is 1.06 bits per heavy atom. The van der Waals surface area contributed by atoms with E-state index in [2.05, 4.69) is 28.3 Å². The second-order valence-electron chi connectivity index (χ2n) is 4.88. The van der Waals surface area contributed by atoms with Crippen molar-refractivity contribution in [2.75, 3.05) is 13.1 Å². The molecule has 94 valence electrons. The number of hydrogen-bond acceptors (Lipinski definition) is 3. The number of aromatic nitrogens is 1. The Hall–Kier alpha value is -1.61. The topological polar surface area (TPSA) is 29.3 Å². The molecule has 0 amide bonds. The van der Waals surface area contributed by atoms with Gasteiger partial charge in [-0.25, -0.2) is 0 Å². The maximum absolute atomic E-state index is 5.43. The van der Waals surface area contributed by atoms with Crippen molar-refractivity contribution in [3.8, 4) is 11.3 Å². The Morgan fingerprint density at radius 3 is 2.61 bits per heavy atom. The van der Waals surface area contributed by atoms with Gasteiger partial charge in [0.05, 0.1) is 6.54 Å². The fourth-order valence-corrected chi connectivity index (χ4v) is 2.47. The SMILES string of the molecule is c1ccc(-c2cc(CN3CCCCC3)on2)cc1. The van der Waals surface area contributed by atoms with Crippen LogP contribution in [0.3, 0.4) is 0 Å². The third kappa shape index (κ3) is 2.62. The highest BCUT2D eigenvalue weighted by Gasteiger charge is 2.13. The zero-order chi connectivity index (χ0) is 12.2. The van der Waals surface area contributed by atoms with Crippen LogP contribution >= 0.6 is 0 Å². The summed E-state index contributed by atoms with van der Waals surface area (Å²) in [5.74, 6) is 0.968. The Balaban J connectivity index is 1.69. The number of benzene rings is 1. The van der Waals surface area contributed by atoms with Crippen molar-refractivity contribution in [3.05, 3.63) is 42.2 Å². The molecule has 0 radical (unpaired) electrons. The van der Waals surface area contributed by atoms with E-state index in [9.17, 15) is 0 Å². The van der Waals surface area contributed by atoms with E-state index in [0.29, 0.717) is 0 Å². The molecule has 0 atom stereocenters. The lowest BCUT2D eigenvalue weighted by molar-refractivity contribution is 0.197. The molecule has 1 aliphatic heterocycles. The van der Waals surface area contributed by atoms with Crippen LogP contribution in [0, 0.1) is 0 Å². The van der Waals surface area contributed by atoms with Gasteiger partial charge in [0.25, 0.3) is 0 Å². The van der Waals surface area contributed by atoms with Crippen LogP contribution in [0.2, 0.25) is 0 Å². The molecular weight excluding hydrogens is 224 g/mol. The van der Waals surface area contributed by atoms with Gasteiger partial charge in [0.1, 0.15) is 5.69 Å². The highest BCUT2D eigenvalue weighted by atomic mass is 16.5. The number of likely N-dealkylation sites (tertiary alicyclic amines) is 1. The van der Waals surface area contributed by atoms with Crippen LogP contribution in [0.4, 0.5) is 0 Å². The lowest BCUT2D eigenvalue weighted by Crippen LogP contribution is -2.28. The first-order valence-corrected chi connectivity index (χ1v) is 6.65. The van der Waals surface area contributed by atoms with Crippen LogP contribution in [-0.4, -0.2) is 23.1 Å². The van der Waals surface area contributed by atoms with Gasteiger partial charge in [-0.05, 0) is 25.9 Å². The Bertz CT molecular complexity index is 486. The number of piperidine rings is 1. The molecule has 1 aromatic carbocycles. The summed E-state index contributed by atoms with van der Waals surface area (Å²) in [6.45, 7) is 3.25. The normalized spacial score (nSPS) is 16.9. The lowest BCUT2D eigenvalue weighted by Gasteiger charge is -2.24. The minimum absolute atomic E-state index is 0.889. The molecule has 3 nitrogen and oxygen atoms in total. The zero-order valence-electron chi connectivity index (χ0n) is 10.5. The standard InChI is InChI=1S/C15H18N2O/c1-3-7-13(8-4-1)15-11-14(18-16-15)12-17-9-5-2-6-10-17/h1,3-4,7-8,11H,2,5-6,9-10,12H2. The van der Waals surface area contributed by atoms with Crippen molar-refractivity contribution in [2.24, 2.45) is 0 Å². The minimum atomic E-state index is 0.889. The fraction of sp³-hybridized carbons (Fsp3) is 0.400. The smallest absolute Gasteiger partial charge is 0.151 e. The molecule has 1 fully saturated rings. The summed E-state index contributed by atoms with van der Waals surface area (Å²) in [4.78, 5) is 2.44.